The van der Waals surface area contributed by atoms with Crippen molar-refractivity contribution in [2.75, 3.05) is 13.2 Å². The Morgan fingerprint density at radius 1 is 1.21 bits per heavy atom. The molecule has 0 aliphatic heterocycles. The zero-order chi connectivity index (χ0) is 14.3. The lowest BCUT2D eigenvalue weighted by atomic mass is 10.1. The highest BCUT2D eigenvalue weighted by molar-refractivity contribution is 5.27. The van der Waals surface area contributed by atoms with Crippen molar-refractivity contribution in [3.63, 3.8) is 0 Å². The number of hydrogen-bond donors (Lipinski definition) is 4. The van der Waals surface area contributed by atoms with Crippen LogP contribution in [-0.2, 0) is 6.42 Å². The van der Waals surface area contributed by atoms with Crippen LogP contribution in [0.4, 0.5) is 0 Å². The molecule has 0 radical (unpaired) electrons. The first kappa shape index (κ1) is 15.9. The van der Waals surface area contributed by atoms with E-state index in [2.05, 4.69) is 5.32 Å². The molecule has 0 fully saturated rings. The molecule has 0 spiro atoms. The van der Waals surface area contributed by atoms with Crippen molar-refractivity contribution in [1.29, 1.82) is 0 Å². The number of aliphatic hydroxyl groups excluding tert-OH is 2. The second-order valence-electron chi connectivity index (χ2n) is 4.94. The fraction of sp³-hybridized carbons (Fsp3) is 0.571. The molecule has 1 aromatic rings. The van der Waals surface area contributed by atoms with Crippen LogP contribution in [0.1, 0.15) is 19.4 Å². The molecule has 108 valence electrons. The normalized spacial score (nSPS) is 14.4. The molecule has 0 saturated heterocycles. The predicted octanol–water partition coefficient (Wildman–Crippen LogP) is 0.244. The standard InChI is InChI=1S/C14H24N2O3/c1-10(2)16-8-12(17)9-19-13-5-3-11(4-6-13)7-14(15)18/h3-6,10,12,14,16-18H,7-9,15H2,1-2H3/t12-,14?/m1/s1. The number of aliphatic hydroxyl groups is 2. The summed E-state index contributed by atoms with van der Waals surface area (Å²) in [6, 6.07) is 7.66. The molecule has 0 saturated carbocycles. The predicted molar refractivity (Wildman–Crippen MR) is 75.0 cm³/mol. The van der Waals surface area contributed by atoms with Gasteiger partial charge in [-0.15, -0.1) is 0 Å². The second-order valence-corrected chi connectivity index (χ2v) is 4.94. The summed E-state index contributed by atoms with van der Waals surface area (Å²) in [5, 5.41) is 21.9. The van der Waals surface area contributed by atoms with Gasteiger partial charge in [0.2, 0.25) is 0 Å². The number of nitrogens with one attached hydrogen (secondary N) is 1. The smallest absolute Gasteiger partial charge is 0.119 e. The first-order valence-electron chi connectivity index (χ1n) is 6.54. The Kier molecular flexibility index (Phi) is 6.80. The van der Waals surface area contributed by atoms with Crippen LogP contribution >= 0.6 is 0 Å². The van der Waals surface area contributed by atoms with Gasteiger partial charge in [0.1, 0.15) is 24.7 Å². The van der Waals surface area contributed by atoms with E-state index in [0.29, 0.717) is 24.8 Å². The number of rotatable bonds is 8. The molecule has 1 rings (SSSR count). The topological polar surface area (TPSA) is 87.7 Å². The maximum absolute atomic E-state index is 9.70. The molecular formula is C14H24N2O3. The molecule has 0 aliphatic carbocycles. The first-order valence-corrected chi connectivity index (χ1v) is 6.54. The van der Waals surface area contributed by atoms with Crippen LogP contribution < -0.4 is 15.8 Å². The van der Waals surface area contributed by atoms with Crippen LogP contribution in [0.15, 0.2) is 24.3 Å². The highest BCUT2D eigenvalue weighted by Gasteiger charge is 2.06. The molecule has 0 bridgehead atoms. The Labute approximate surface area is 114 Å². The molecule has 0 aliphatic rings. The zero-order valence-corrected chi connectivity index (χ0v) is 11.5. The third kappa shape index (κ3) is 7.12. The average Bonchev–Trinajstić information content (AvgIpc) is 2.35. The van der Waals surface area contributed by atoms with Gasteiger partial charge in [-0.05, 0) is 17.7 Å². The van der Waals surface area contributed by atoms with Gasteiger partial charge >= 0.3 is 0 Å². The minimum atomic E-state index is -0.837. The third-order valence-corrected chi connectivity index (χ3v) is 2.57. The monoisotopic (exact) mass is 268 g/mol. The van der Waals surface area contributed by atoms with E-state index >= 15 is 0 Å². The van der Waals surface area contributed by atoms with Gasteiger partial charge in [-0.2, -0.15) is 0 Å². The molecule has 5 N–H and O–H groups in total. The molecule has 0 amide bonds. The summed E-state index contributed by atoms with van der Waals surface area (Å²) in [6.45, 7) is 4.81. The lowest BCUT2D eigenvalue weighted by molar-refractivity contribution is 0.104. The number of ether oxygens (including phenoxy) is 1. The van der Waals surface area contributed by atoms with Crippen molar-refractivity contribution in [2.45, 2.75) is 38.6 Å². The maximum atomic E-state index is 9.70. The Bertz CT molecular complexity index is 352. The summed E-state index contributed by atoms with van der Waals surface area (Å²) in [5.41, 5.74) is 6.25. The minimum absolute atomic E-state index is 0.249. The second kappa shape index (κ2) is 8.12. The van der Waals surface area contributed by atoms with Gasteiger partial charge in [-0.1, -0.05) is 26.0 Å². The van der Waals surface area contributed by atoms with Crippen LogP contribution in [0, 0.1) is 0 Å². The Balaban J connectivity index is 2.33. The lowest BCUT2D eigenvalue weighted by Crippen LogP contribution is -2.35. The minimum Gasteiger partial charge on any atom is -0.491 e. The molecule has 19 heavy (non-hydrogen) atoms. The van der Waals surface area contributed by atoms with Crippen molar-refractivity contribution in [1.82, 2.24) is 5.32 Å². The molecule has 5 nitrogen and oxygen atoms in total. The molecule has 1 unspecified atom stereocenters. The van der Waals surface area contributed by atoms with Crippen molar-refractivity contribution in [3.05, 3.63) is 29.8 Å². The van der Waals surface area contributed by atoms with Crippen LogP contribution in [0.25, 0.3) is 0 Å². The summed E-state index contributed by atoms with van der Waals surface area (Å²) in [4.78, 5) is 0. The first-order chi connectivity index (χ1) is 8.97. The molecular weight excluding hydrogens is 244 g/mol. The SMILES string of the molecule is CC(C)NC[C@@H](O)COc1ccc(CC(N)O)cc1. The third-order valence-electron chi connectivity index (χ3n) is 2.57. The Hall–Kier alpha value is -1.14. The van der Waals surface area contributed by atoms with Crippen molar-refractivity contribution in [2.24, 2.45) is 5.73 Å². The van der Waals surface area contributed by atoms with Crippen LogP contribution in [0.3, 0.4) is 0 Å². The summed E-state index contributed by atoms with van der Waals surface area (Å²) >= 11 is 0. The summed E-state index contributed by atoms with van der Waals surface area (Å²) in [7, 11) is 0. The van der Waals surface area contributed by atoms with Crippen molar-refractivity contribution in [3.8, 4) is 5.75 Å². The lowest BCUT2D eigenvalue weighted by Gasteiger charge is -2.15. The van der Waals surface area contributed by atoms with E-state index in [-0.39, 0.29) is 6.61 Å². The van der Waals surface area contributed by atoms with Gasteiger partial charge in [0.05, 0.1) is 0 Å². The van der Waals surface area contributed by atoms with E-state index in [1.54, 1.807) is 12.1 Å². The van der Waals surface area contributed by atoms with Gasteiger partial charge in [0.15, 0.2) is 0 Å². The van der Waals surface area contributed by atoms with Gasteiger partial charge in [-0.3, -0.25) is 0 Å². The Morgan fingerprint density at radius 3 is 2.37 bits per heavy atom. The number of hydrogen-bond acceptors (Lipinski definition) is 5. The van der Waals surface area contributed by atoms with E-state index in [1.807, 2.05) is 26.0 Å². The molecule has 0 heterocycles. The molecule has 5 heteroatoms. The van der Waals surface area contributed by atoms with E-state index in [9.17, 15) is 5.11 Å². The van der Waals surface area contributed by atoms with Crippen LogP contribution in [0.2, 0.25) is 0 Å². The van der Waals surface area contributed by atoms with E-state index in [1.165, 1.54) is 0 Å². The quantitative estimate of drug-likeness (QED) is 0.507. The van der Waals surface area contributed by atoms with E-state index in [0.717, 1.165) is 5.56 Å². The summed E-state index contributed by atoms with van der Waals surface area (Å²) in [5.74, 6) is 0.693. The van der Waals surface area contributed by atoms with Gasteiger partial charge in [0, 0.05) is 19.0 Å². The maximum Gasteiger partial charge on any atom is 0.119 e. The largest absolute Gasteiger partial charge is 0.491 e. The molecule has 1 aromatic carbocycles. The fourth-order valence-electron chi connectivity index (χ4n) is 1.59. The summed E-state index contributed by atoms with van der Waals surface area (Å²) < 4.78 is 5.48. The van der Waals surface area contributed by atoms with E-state index in [4.69, 9.17) is 15.6 Å². The highest BCUT2D eigenvalue weighted by Crippen LogP contribution is 2.13. The van der Waals surface area contributed by atoms with Gasteiger partial charge in [-0.25, -0.2) is 0 Å². The van der Waals surface area contributed by atoms with Crippen LogP contribution in [0.5, 0.6) is 5.75 Å². The fourth-order valence-corrected chi connectivity index (χ4v) is 1.59. The van der Waals surface area contributed by atoms with Gasteiger partial charge < -0.3 is 26.0 Å². The molecule has 2 atom stereocenters. The van der Waals surface area contributed by atoms with Crippen LogP contribution in [-0.4, -0.2) is 41.7 Å². The van der Waals surface area contributed by atoms with Crippen molar-refractivity contribution >= 4 is 0 Å². The summed E-state index contributed by atoms with van der Waals surface area (Å²) in [6.07, 6.45) is -0.954. The zero-order valence-electron chi connectivity index (χ0n) is 11.5. The molecule has 0 aromatic heterocycles. The highest BCUT2D eigenvalue weighted by atomic mass is 16.5. The average molecular weight is 268 g/mol. The van der Waals surface area contributed by atoms with E-state index < -0.39 is 12.3 Å². The number of nitrogens with two attached hydrogens (primary N) is 1. The Morgan fingerprint density at radius 2 is 1.84 bits per heavy atom. The van der Waals surface area contributed by atoms with Crippen molar-refractivity contribution < 1.29 is 14.9 Å². The number of benzene rings is 1. The van der Waals surface area contributed by atoms with Gasteiger partial charge in [0.25, 0.3) is 0 Å².